The van der Waals surface area contributed by atoms with Crippen LogP contribution in [0.2, 0.25) is 0 Å². The summed E-state index contributed by atoms with van der Waals surface area (Å²) in [7, 11) is 1.93. The molecule has 0 radical (unpaired) electrons. The predicted molar refractivity (Wildman–Crippen MR) is 60.2 cm³/mol. The Morgan fingerprint density at radius 3 is 3.00 bits per heavy atom. The molecule has 3 nitrogen and oxygen atoms in total. The second-order valence-corrected chi connectivity index (χ2v) is 5.79. The van der Waals surface area contributed by atoms with Crippen LogP contribution in [0.25, 0.3) is 0 Å². The topological polar surface area (TPSA) is 43.8 Å². The van der Waals surface area contributed by atoms with E-state index >= 15 is 0 Å². The first-order valence-electron chi connectivity index (χ1n) is 5.01. The number of rotatable bonds is 2. The predicted octanol–water partition coefficient (Wildman–Crippen LogP) is 1.71. The number of thioether (sulfide) groups is 1. The van der Waals surface area contributed by atoms with Gasteiger partial charge in [-0.2, -0.15) is 16.9 Å². The third-order valence-electron chi connectivity index (χ3n) is 2.96. The van der Waals surface area contributed by atoms with E-state index in [1.54, 1.807) is 0 Å². The molecule has 1 aromatic heterocycles. The highest BCUT2D eigenvalue weighted by Crippen LogP contribution is 2.44. The lowest BCUT2D eigenvalue weighted by Gasteiger charge is -2.28. The summed E-state index contributed by atoms with van der Waals surface area (Å²) >= 11 is 1.98. The van der Waals surface area contributed by atoms with Gasteiger partial charge in [-0.15, -0.1) is 0 Å². The van der Waals surface area contributed by atoms with Crippen LogP contribution in [0.5, 0.6) is 0 Å². The van der Waals surface area contributed by atoms with Crippen molar-refractivity contribution in [3.05, 3.63) is 18.0 Å². The van der Waals surface area contributed by atoms with Crippen molar-refractivity contribution in [1.29, 1.82) is 0 Å². The molecule has 0 saturated carbocycles. The first-order valence-corrected chi connectivity index (χ1v) is 5.99. The molecule has 1 aromatic rings. The molecule has 0 bridgehead atoms. The summed E-state index contributed by atoms with van der Waals surface area (Å²) in [5.41, 5.74) is 7.27. The summed E-state index contributed by atoms with van der Waals surface area (Å²) in [5.74, 6) is 1.23. The van der Waals surface area contributed by atoms with Gasteiger partial charge in [-0.25, -0.2) is 0 Å². The first-order chi connectivity index (χ1) is 6.62. The number of hydrogen-bond donors (Lipinski definition) is 1. The molecule has 0 aromatic carbocycles. The zero-order valence-electron chi connectivity index (χ0n) is 8.73. The molecule has 1 saturated heterocycles. The normalized spacial score (nSPS) is 29.4. The number of aromatic nitrogens is 2. The van der Waals surface area contributed by atoms with E-state index in [-0.39, 0.29) is 10.8 Å². The number of nitrogens with zero attached hydrogens (tertiary/aromatic N) is 2. The van der Waals surface area contributed by atoms with E-state index in [9.17, 15) is 0 Å². The maximum Gasteiger partial charge on any atom is 0.0805 e. The van der Waals surface area contributed by atoms with Crippen LogP contribution in [-0.2, 0) is 7.05 Å². The molecule has 0 aliphatic carbocycles. The van der Waals surface area contributed by atoms with Gasteiger partial charge in [0.15, 0.2) is 0 Å². The SMILES string of the molecule is Cn1ccc(C(N)C2(C)CCCS2)n1. The first kappa shape index (κ1) is 10.1. The van der Waals surface area contributed by atoms with Crippen molar-refractivity contribution in [2.24, 2.45) is 12.8 Å². The lowest BCUT2D eigenvalue weighted by molar-refractivity contribution is 0.487. The summed E-state index contributed by atoms with van der Waals surface area (Å²) < 4.78 is 2.01. The fourth-order valence-electron chi connectivity index (χ4n) is 1.96. The van der Waals surface area contributed by atoms with Crippen LogP contribution in [0.4, 0.5) is 0 Å². The van der Waals surface area contributed by atoms with Crippen LogP contribution < -0.4 is 5.73 Å². The Kier molecular flexibility index (Phi) is 2.58. The van der Waals surface area contributed by atoms with Crippen LogP contribution >= 0.6 is 11.8 Å². The van der Waals surface area contributed by atoms with E-state index in [1.807, 2.05) is 35.8 Å². The monoisotopic (exact) mass is 211 g/mol. The maximum absolute atomic E-state index is 6.25. The number of hydrogen-bond acceptors (Lipinski definition) is 3. The Morgan fingerprint density at radius 1 is 1.71 bits per heavy atom. The Hall–Kier alpha value is -0.480. The molecule has 0 amide bonds. The molecule has 1 aliphatic rings. The zero-order chi connectivity index (χ0) is 10.2. The minimum atomic E-state index is 0.0659. The molecule has 0 spiro atoms. The van der Waals surface area contributed by atoms with E-state index in [0.717, 1.165) is 5.69 Å². The minimum Gasteiger partial charge on any atom is -0.321 e. The van der Waals surface area contributed by atoms with Gasteiger partial charge < -0.3 is 5.73 Å². The standard InChI is InChI=1S/C10H17N3S/c1-10(5-3-7-14-10)9(11)8-4-6-13(2)12-8/h4,6,9H,3,5,7,11H2,1-2H3. The van der Waals surface area contributed by atoms with E-state index in [4.69, 9.17) is 5.73 Å². The molecule has 14 heavy (non-hydrogen) atoms. The highest BCUT2D eigenvalue weighted by molar-refractivity contribution is 8.00. The second-order valence-electron chi connectivity index (χ2n) is 4.16. The smallest absolute Gasteiger partial charge is 0.0805 e. The summed E-state index contributed by atoms with van der Waals surface area (Å²) in [6.45, 7) is 2.25. The lowest BCUT2D eigenvalue weighted by Crippen LogP contribution is -2.33. The van der Waals surface area contributed by atoms with Crippen LogP contribution in [0.15, 0.2) is 12.3 Å². The van der Waals surface area contributed by atoms with E-state index in [2.05, 4.69) is 12.0 Å². The zero-order valence-corrected chi connectivity index (χ0v) is 9.55. The minimum absolute atomic E-state index is 0.0659. The molecule has 78 valence electrons. The third kappa shape index (κ3) is 1.68. The van der Waals surface area contributed by atoms with Crippen molar-refractivity contribution in [1.82, 2.24) is 9.78 Å². The average molecular weight is 211 g/mol. The van der Waals surface area contributed by atoms with Crippen molar-refractivity contribution >= 4 is 11.8 Å². The Morgan fingerprint density at radius 2 is 2.50 bits per heavy atom. The van der Waals surface area contributed by atoms with Gasteiger partial charge in [0.2, 0.25) is 0 Å². The van der Waals surface area contributed by atoms with Crippen LogP contribution in [0.3, 0.4) is 0 Å². The highest BCUT2D eigenvalue weighted by atomic mass is 32.2. The molecule has 2 rings (SSSR count). The van der Waals surface area contributed by atoms with Gasteiger partial charge in [0.1, 0.15) is 0 Å². The van der Waals surface area contributed by atoms with E-state index in [0.29, 0.717) is 0 Å². The summed E-state index contributed by atoms with van der Waals surface area (Å²) in [6.07, 6.45) is 4.44. The molecule has 2 N–H and O–H groups in total. The summed E-state index contributed by atoms with van der Waals surface area (Å²) in [6, 6.07) is 2.09. The van der Waals surface area contributed by atoms with E-state index in [1.165, 1.54) is 18.6 Å². The molecule has 4 heteroatoms. The van der Waals surface area contributed by atoms with Crippen molar-refractivity contribution < 1.29 is 0 Å². The number of nitrogens with two attached hydrogens (primary N) is 1. The van der Waals surface area contributed by atoms with Gasteiger partial charge in [0, 0.05) is 18.0 Å². The van der Waals surface area contributed by atoms with Crippen molar-refractivity contribution in [2.45, 2.75) is 30.6 Å². The Labute approximate surface area is 89.1 Å². The molecular weight excluding hydrogens is 194 g/mol. The molecule has 1 fully saturated rings. The molecule has 1 aliphatic heterocycles. The second kappa shape index (κ2) is 3.59. The van der Waals surface area contributed by atoms with Crippen molar-refractivity contribution in [2.75, 3.05) is 5.75 Å². The Bertz CT molecular complexity index is 315. The van der Waals surface area contributed by atoms with Crippen LogP contribution in [0, 0.1) is 0 Å². The van der Waals surface area contributed by atoms with Gasteiger partial charge in [-0.1, -0.05) is 0 Å². The third-order valence-corrected chi connectivity index (χ3v) is 4.57. The molecule has 2 heterocycles. The Balaban J connectivity index is 2.18. The quantitative estimate of drug-likeness (QED) is 0.810. The maximum atomic E-state index is 6.25. The molecule has 2 unspecified atom stereocenters. The average Bonchev–Trinajstić information content (AvgIpc) is 2.74. The molecular formula is C10H17N3S. The van der Waals surface area contributed by atoms with E-state index < -0.39 is 0 Å². The highest BCUT2D eigenvalue weighted by Gasteiger charge is 2.37. The summed E-state index contributed by atoms with van der Waals surface area (Å²) in [4.78, 5) is 0. The fourth-order valence-corrected chi connectivity index (χ4v) is 3.30. The van der Waals surface area contributed by atoms with Crippen LogP contribution in [-0.4, -0.2) is 20.3 Å². The lowest BCUT2D eigenvalue weighted by atomic mass is 9.94. The van der Waals surface area contributed by atoms with Crippen molar-refractivity contribution in [3.63, 3.8) is 0 Å². The van der Waals surface area contributed by atoms with Gasteiger partial charge >= 0.3 is 0 Å². The fraction of sp³-hybridized carbons (Fsp3) is 0.700. The molecule has 2 atom stereocenters. The van der Waals surface area contributed by atoms with Gasteiger partial charge in [0.05, 0.1) is 11.7 Å². The summed E-state index contributed by atoms with van der Waals surface area (Å²) in [5, 5.41) is 4.38. The number of aryl methyl sites for hydroxylation is 1. The van der Waals surface area contributed by atoms with Gasteiger partial charge in [-0.05, 0) is 31.6 Å². The van der Waals surface area contributed by atoms with Gasteiger partial charge in [0.25, 0.3) is 0 Å². The largest absolute Gasteiger partial charge is 0.321 e. The van der Waals surface area contributed by atoms with Gasteiger partial charge in [-0.3, -0.25) is 4.68 Å². The van der Waals surface area contributed by atoms with Crippen molar-refractivity contribution in [3.8, 4) is 0 Å². The van der Waals surface area contributed by atoms with Crippen LogP contribution in [0.1, 0.15) is 31.5 Å².